The first kappa shape index (κ1) is 39.1. The van der Waals surface area contributed by atoms with E-state index in [-0.39, 0.29) is 44.9 Å². The van der Waals surface area contributed by atoms with Crippen molar-refractivity contribution >= 4 is 11.7 Å². The molecule has 2 saturated heterocycles. The highest BCUT2D eigenvalue weighted by molar-refractivity contribution is 5.92. The van der Waals surface area contributed by atoms with Gasteiger partial charge in [0.25, 0.3) is 0 Å². The Balaban J connectivity index is 1.54. The second-order valence-electron chi connectivity index (χ2n) is 13.2. The average Bonchev–Trinajstić information content (AvgIpc) is 3.70. The zero-order valence-corrected chi connectivity index (χ0v) is 26.3. The van der Waals surface area contributed by atoms with Crippen molar-refractivity contribution in [3.63, 3.8) is 0 Å². The number of ether oxygens (including phenoxy) is 4. The fourth-order valence-corrected chi connectivity index (χ4v) is 6.45. The number of rotatable bonds is 14. The van der Waals surface area contributed by atoms with E-state index in [9.17, 15) is 40.5 Å². The van der Waals surface area contributed by atoms with Crippen LogP contribution in [0.1, 0.15) is 19.3 Å². The third-order valence-corrected chi connectivity index (χ3v) is 9.52. The van der Waals surface area contributed by atoms with Gasteiger partial charge in [0.1, 0.15) is 54.4 Å². The maximum Gasteiger partial charge on any atom is 0.186 e. The number of aliphatic hydroxyl groups excluding tert-OH is 7. The Bertz CT molecular complexity index is 1110. The number of guanidine groups is 1. The van der Waals surface area contributed by atoms with Gasteiger partial charge in [-0.05, 0) is 12.3 Å². The van der Waals surface area contributed by atoms with E-state index >= 15 is 0 Å². The van der Waals surface area contributed by atoms with Crippen LogP contribution in [0.15, 0.2) is 4.99 Å². The van der Waals surface area contributed by atoms with Crippen molar-refractivity contribution in [1.29, 1.82) is 0 Å². The molecular weight excluding hydrogens is 644 g/mol. The summed E-state index contributed by atoms with van der Waals surface area (Å²) in [6.07, 6.45) is -16.3. The number of nitrogens with zero attached hydrogens (tertiary/aromatic N) is 1. The van der Waals surface area contributed by atoms with Crippen LogP contribution < -0.4 is 39.7 Å². The van der Waals surface area contributed by atoms with E-state index in [1.165, 1.54) is 0 Å². The maximum absolute atomic E-state index is 13.3. The fraction of sp³-hybridized carbons (Fsp3) is 0.926. The van der Waals surface area contributed by atoms with Gasteiger partial charge in [0.15, 0.2) is 24.3 Å². The quantitative estimate of drug-likeness (QED) is 0.0592. The third-order valence-electron chi connectivity index (χ3n) is 9.52. The molecule has 0 spiro atoms. The van der Waals surface area contributed by atoms with Gasteiger partial charge in [0, 0.05) is 38.0 Å². The normalized spacial score (nSPS) is 46.9. The van der Waals surface area contributed by atoms with E-state index < -0.39 is 122 Å². The van der Waals surface area contributed by atoms with Crippen LogP contribution in [0, 0.1) is 5.92 Å². The molecule has 2 aliphatic heterocycles. The largest absolute Gasteiger partial charge is 0.395 e. The molecule has 48 heavy (non-hydrogen) atoms. The number of ketones is 1. The number of carbonyl (C=O) groups excluding carboxylic acids is 1. The first-order chi connectivity index (χ1) is 22.5. The summed E-state index contributed by atoms with van der Waals surface area (Å²) in [7, 11) is 0. The summed E-state index contributed by atoms with van der Waals surface area (Å²) in [4.78, 5) is 17.1. The molecule has 21 N–H and O–H groups in total. The summed E-state index contributed by atoms with van der Waals surface area (Å²) in [5, 5.41) is 86.6. The molecule has 0 aromatic carbocycles. The molecule has 2 saturated carbocycles. The third kappa shape index (κ3) is 8.41. The van der Waals surface area contributed by atoms with Crippen LogP contribution in [0.2, 0.25) is 0 Å². The Hall–Kier alpha value is -1.74. The number of hydrogen-bond donors (Lipinski definition) is 15. The Morgan fingerprint density at radius 3 is 2.17 bits per heavy atom. The van der Waals surface area contributed by atoms with Crippen LogP contribution in [0.5, 0.6) is 0 Å². The minimum Gasteiger partial charge on any atom is -0.395 e. The summed E-state index contributed by atoms with van der Waals surface area (Å²) in [5.41, 5.74) is 33.2. The summed E-state index contributed by atoms with van der Waals surface area (Å²) < 4.78 is 23.5. The zero-order chi connectivity index (χ0) is 35.7. The van der Waals surface area contributed by atoms with Crippen molar-refractivity contribution in [3.05, 3.63) is 0 Å². The van der Waals surface area contributed by atoms with Crippen LogP contribution in [0.3, 0.4) is 0 Å². The number of Topliss-reactive ketones (excluding diaryl/α,β-unsaturated/α-hetero) is 1. The lowest BCUT2D eigenvalue weighted by Gasteiger charge is -2.49. The SMILES string of the molecule is NC(N)=NC1CC1(O)C(=O)C[C@@H]1C[C@H](N)C(O[C@H]2O[C@H](CNCC(N)CO)[C@@H](O)[C@H](O)[C@H]2N)[C@H](O)[C@H]1O[C@H]1O[C@H](CO)[C@@H](O)[C@H](N)[C@H]1O. The van der Waals surface area contributed by atoms with E-state index in [2.05, 4.69) is 10.3 Å². The number of nitrogens with two attached hydrogens (primary N) is 6. The number of nitrogens with one attached hydrogen (secondary N) is 1. The summed E-state index contributed by atoms with van der Waals surface area (Å²) in [6.45, 7) is -0.831. The first-order valence-electron chi connectivity index (χ1n) is 15.8. The van der Waals surface area contributed by atoms with Gasteiger partial charge in [-0.15, -0.1) is 0 Å². The number of aliphatic imine (C=N–C) groups is 1. The number of aliphatic hydroxyl groups is 8. The molecule has 4 rings (SSSR count). The van der Waals surface area contributed by atoms with Crippen molar-refractivity contribution in [2.24, 2.45) is 45.3 Å². The lowest BCUT2D eigenvalue weighted by atomic mass is 9.76. The molecule has 21 nitrogen and oxygen atoms in total. The van der Waals surface area contributed by atoms with Crippen molar-refractivity contribution in [2.45, 2.75) is 123 Å². The standard InChI is InChI=1S/C27H52N8O13/c28-9(6-36)4-34-5-11-18(40)19(41)16(31)24(45-11)48-23-10(29)1-8(2-14(38)27(44)3-13(27)35-26(32)33)22(21(23)43)47-25-20(42)15(30)17(39)12(7-37)46-25/h8-13,15-25,34,36-37,39-44H,1-7,28-31H2,(H4,32,33,35)/t8-,9?,10-,11+,12+,13?,15-,16+,17+,18+,19+,20+,21+,22-,23?,24+,25+,27?/m0/s1. The van der Waals surface area contributed by atoms with Crippen LogP contribution in [0.4, 0.5) is 0 Å². The molecule has 2 aliphatic carbocycles. The Morgan fingerprint density at radius 1 is 0.896 bits per heavy atom. The minimum absolute atomic E-state index is 0.0213. The molecule has 4 fully saturated rings. The van der Waals surface area contributed by atoms with Gasteiger partial charge in [-0.25, -0.2) is 4.99 Å². The Labute approximate surface area is 276 Å². The van der Waals surface area contributed by atoms with Gasteiger partial charge in [-0.3, -0.25) is 4.79 Å². The molecule has 278 valence electrons. The average molecular weight is 697 g/mol. The molecular formula is C27H52N8O13. The highest BCUT2D eigenvalue weighted by Crippen LogP contribution is 2.43. The van der Waals surface area contributed by atoms with E-state index in [1.807, 2.05) is 0 Å². The topological polar surface area (TPSA) is 396 Å². The van der Waals surface area contributed by atoms with Gasteiger partial charge in [-0.2, -0.15) is 0 Å². The number of carbonyl (C=O) groups is 1. The van der Waals surface area contributed by atoms with Gasteiger partial charge < -0.3 is 99.5 Å². The lowest BCUT2D eigenvalue weighted by Crippen LogP contribution is -2.68. The van der Waals surface area contributed by atoms with Crippen LogP contribution in [0.25, 0.3) is 0 Å². The molecule has 0 radical (unpaired) electrons. The van der Waals surface area contributed by atoms with Crippen molar-refractivity contribution in [3.8, 4) is 0 Å². The predicted octanol–water partition coefficient (Wildman–Crippen LogP) is -9.35. The van der Waals surface area contributed by atoms with Crippen molar-refractivity contribution in [2.75, 3.05) is 26.3 Å². The van der Waals surface area contributed by atoms with Gasteiger partial charge in [-0.1, -0.05) is 0 Å². The highest BCUT2D eigenvalue weighted by atomic mass is 16.7. The van der Waals surface area contributed by atoms with Crippen LogP contribution in [-0.2, 0) is 23.7 Å². The molecule has 4 aliphatic rings. The summed E-state index contributed by atoms with van der Waals surface area (Å²) in [6, 6.07) is -5.09. The van der Waals surface area contributed by atoms with Crippen LogP contribution >= 0.6 is 0 Å². The van der Waals surface area contributed by atoms with E-state index in [1.54, 1.807) is 0 Å². The van der Waals surface area contributed by atoms with E-state index in [4.69, 9.17) is 58.5 Å². The first-order valence-corrected chi connectivity index (χ1v) is 15.8. The Kier molecular flexibility index (Phi) is 13.1. The maximum atomic E-state index is 13.3. The molecule has 0 aromatic rings. The van der Waals surface area contributed by atoms with Crippen molar-refractivity contribution < 1.29 is 64.6 Å². The molecule has 18 atom stereocenters. The van der Waals surface area contributed by atoms with E-state index in [0.29, 0.717) is 0 Å². The smallest absolute Gasteiger partial charge is 0.186 e. The predicted molar refractivity (Wildman–Crippen MR) is 163 cm³/mol. The molecule has 4 unspecified atom stereocenters. The second kappa shape index (κ2) is 16.1. The van der Waals surface area contributed by atoms with E-state index in [0.717, 1.165) is 0 Å². The fourth-order valence-electron chi connectivity index (χ4n) is 6.45. The van der Waals surface area contributed by atoms with Crippen LogP contribution in [-0.4, -0.2) is 182 Å². The van der Waals surface area contributed by atoms with Gasteiger partial charge >= 0.3 is 0 Å². The van der Waals surface area contributed by atoms with Gasteiger partial charge in [0.2, 0.25) is 0 Å². The minimum atomic E-state index is -1.87. The molecule has 0 aromatic heterocycles. The molecule has 0 amide bonds. The summed E-state index contributed by atoms with van der Waals surface area (Å²) >= 11 is 0. The monoisotopic (exact) mass is 696 g/mol. The molecule has 0 bridgehead atoms. The number of hydrogen-bond acceptors (Lipinski definition) is 19. The second-order valence-corrected chi connectivity index (χ2v) is 13.2. The summed E-state index contributed by atoms with van der Waals surface area (Å²) in [5.74, 6) is -1.89. The molecule has 2 heterocycles. The Morgan fingerprint density at radius 2 is 1.54 bits per heavy atom. The van der Waals surface area contributed by atoms with Crippen molar-refractivity contribution in [1.82, 2.24) is 5.32 Å². The highest BCUT2D eigenvalue weighted by Gasteiger charge is 2.60. The zero-order valence-electron chi connectivity index (χ0n) is 26.3. The molecule has 21 heteroatoms. The lowest BCUT2D eigenvalue weighted by molar-refractivity contribution is -0.323. The van der Waals surface area contributed by atoms with Gasteiger partial charge in [0.05, 0.1) is 37.4 Å².